The summed E-state index contributed by atoms with van der Waals surface area (Å²) in [4.78, 5) is 27.2. The van der Waals surface area contributed by atoms with Crippen LogP contribution in [0.4, 0.5) is 0 Å². The van der Waals surface area contributed by atoms with Crippen LogP contribution >= 0.6 is 11.6 Å². The van der Waals surface area contributed by atoms with Crippen molar-refractivity contribution in [2.45, 2.75) is 6.92 Å². The first-order valence-electron chi connectivity index (χ1n) is 11.1. The molecule has 6 heteroatoms. The van der Waals surface area contributed by atoms with Crippen molar-refractivity contribution in [3.8, 4) is 22.5 Å². The summed E-state index contributed by atoms with van der Waals surface area (Å²) in [5.74, 6) is 0.0467. The molecule has 5 nitrogen and oxygen atoms in total. The van der Waals surface area contributed by atoms with Gasteiger partial charge in [-0.1, -0.05) is 53.6 Å². The summed E-state index contributed by atoms with van der Waals surface area (Å²) in [5.41, 5.74) is 6.80. The molecule has 5 rings (SSSR count). The fraction of sp³-hybridized carbons (Fsp3) is 0.222. The summed E-state index contributed by atoms with van der Waals surface area (Å²) in [6, 6.07) is 21.5. The van der Waals surface area contributed by atoms with Crippen molar-refractivity contribution < 1.29 is 4.79 Å². The maximum absolute atomic E-state index is 13.1. The highest BCUT2D eigenvalue weighted by Gasteiger charge is 2.21. The number of likely N-dealkylation sites (N-methyl/N-ethyl adjacent to an activating group) is 1. The fourth-order valence-electron chi connectivity index (χ4n) is 4.10. The number of nitrogens with zero attached hydrogens (tertiary/aromatic N) is 4. The summed E-state index contributed by atoms with van der Waals surface area (Å²) in [6.45, 7) is 5.32. The minimum Gasteiger partial charge on any atom is -0.336 e. The molecule has 1 aromatic heterocycles. The predicted octanol–water partition coefficient (Wildman–Crippen LogP) is 5.31. The standard InChI is InChI=1S/C27H25ClN4O/c1-18-3-5-19(6-4-18)26-25(20-7-10-22(28)11-8-20)29-23-12-9-21(17-24(23)30-26)27(33)32-15-13-31(2)14-16-32/h3-12,17H,13-16H2,1-2H3. The van der Waals surface area contributed by atoms with E-state index in [1.54, 1.807) is 0 Å². The molecule has 4 aromatic rings. The van der Waals surface area contributed by atoms with Crippen LogP contribution in [0.2, 0.25) is 5.02 Å². The molecule has 0 saturated carbocycles. The molecule has 0 aliphatic carbocycles. The van der Waals surface area contributed by atoms with Crippen molar-refractivity contribution in [1.82, 2.24) is 19.8 Å². The number of aryl methyl sites for hydroxylation is 1. The average molecular weight is 457 g/mol. The number of fused-ring (bicyclic) bond motifs is 1. The Balaban J connectivity index is 1.60. The van der Waals surface area contributed by atoms with E-state index in [2.05, 4.69) is 43.1 Å². The highest BCUT2D eigenvalue weighted by molar-refractivity contribution is 6.30. The van der Waals surface area contributed by atoms with Crippen LogP contribution in [-0.2, 0) is 0 Å². The molecule has 166 valence electrons. The van der Waals surface area contributed by atoms with Gasteiger partial charge in [0, 0.05) is 47.9 Å². The molecule has 2 heterocycles. The van der Waals surface area contributed by atoms with Crippen molar-refractivity contribution in [3.63, 3.8) is 0 Å². The highest BCUT2D eigenvalue weighted by Crippen LogP contribution is 2.32. The molecule has 0 N–H and O–H groups in total. The third-order valence-corrected chi connectivity index (χ3v) is 6.40. The second-order valence-electron chi connectivity index (χ2n) is 8.59. The lowest BCUT2D eigenvalue weighted by Crippen LogP contribution is -2.47. The third-order valence-electron chi connectivity index (χ3n) is 6.14. The van der Waals surface area contributed by atoms with Gasteiger partial charge >= 0.3 is 0 Å². The van der Waals surface area contributed by atoms with Crippen molar-refractivity contribution in [2.75, 3.05) is 33.2 Å². The summed E-state index contributed by atoms with van der Waals surface area (Å²) >= 11 is 6.11. The Hall–Kier alpha value is -3.28. The molecule has 0 bridgehead atoms. The molecule has 1 fully saturated rings. The Kier molecular flexibility index (Phi) is 5.83. The number of rotatable bonds is 3. The Morgan fingerprint density at radius 2 is 1.36 bits per heavy atom. The lowest BCUT2D eigenvalue weighted by Gasteiger charge is -2.32. The molecule has 1 amide bonds. The van der Waals surface area contributed by atoms with Crippen LogP contribution < -0.4 is 0 Å². The molecule has 33 heavy (non-hydrogen) atoms. The van der Waals surface area contributed by atoms with Crippen molar-refractivity contribution in [1.29, 1.82) is 0 Å². The Bertz CT molecular complexity index is 1310. The van der Waals surface area contributed by atoms with Crippen LogP contribution in [0.15, 0.2) is 66.7 Å². The number of carbonyl (C=O) groups excluding carboxylic acids is 1. The van der Waals surface area contributed by atoms with Gasteiger partial charge in [0.1, 0.15) is 0 Å². The third kappa shape index (κ3) is 4.47. The quantitative estimate of drug-likeness (QED) is 0.419. The molecule has 3 aromatic carbocycles. The monoisotopic (exact) mass is 456 g/mol. The first kappa shape index (κ1) is 21.6. The number of hydrogen-bond donors (Lipinski definition) is 0. The van der Waals surface area contributed by atoms with Crippen LogP contribution in [0.5, 0.6) is 0 Å². The Morgan fingerprint density at radius 3 is 2.00 bits per heavy atom. The number of aromatic nitrogens is 2. The van der Waals surface area contributed by atoms with E-state index in [0.29, 0.717) is 16.1 Å². The molecule has 0 unspecified atom stereocenters. The highest BCUT2D eigenvalue weighted by atomic mass is 35.5. The number of hydrogen-bond acceptors (Lipinski definition) is 4. The number of halogens is 1. The van der Waals surface area contributed by atoms with Gasteiger partial charge in [0.05, 0.1) is 22.4 Å². The number of amides is 1. The molecule has 1 aliphatic rings. The zero-order valence-corrected chi connectivity index (χ0v) is 19.5. The largest absolute Gasteiger partial charge is 0.336 e. The predicted molar refractivity (Wildman–Crippen MR) is 134 cm³/mol. The molecule has 0 atom stereocenters. The van der Waals surface area contributed by atoms with E-state index < -0.39 is 0 Å². The molecular formula is C27H25ClN4O. The van der Waals surface area contributed by atoms with E-state index in [-0.39, 0.29) is 5.91 Å². The fourth-order valence-corrected chi connectivity index (χ4v) is 4.23. The Labute approximate surface area is 198 Å². The van der Waals surface area contributed by atoms with Gasteiger partial charge in [-0.2, -0.15) is 0 Å². The van der Waals surface area contributed by atoms with Gasteiger partial charge in [-0.15, -0.1) is 0 Å². The second kappa shape index (κ2) is 8.93. The zero-order chi connectivity index (χ0) is 22.9. The summed E-state index contributed by atoms with van der Waals surface area (Å²) in [6.07, 6.45) is 0. The Morgan fingerprint density at radius 1 is 0.788 bits per heavy atom. The first-order chi connectivity index (χ1) is 16.0. The lowest BCUT2D eigenvalue weighted by molar-refractivity contribution is 0.0664. The molecule has 0 radical (unpaired) electrons. The number of carbonyl (C=O) groups is 1. The van der Waals surface area contributed by atoms with Gasteiger partial charge in [0.15, 0.2) is 0 Å². The first-order valence-corrected chi connectivity index (χ1v) is 11.5. The van der Waals surface area contributed by atoms with Gasteiger partial charge in [-0.3, -0.25) is 4.79 Å². The summed E-state index contributed by atoms with van der Waals surface area (Å²) in [7, 11) is 2.08. The molecular weight excluding hydrogens is 432 g/mol. The van der Waals surface area contributed by atoms with E-state index in [0.717, 1.165) is 54.2 Å². The zero-order valence-electron chi connectivity index (χ0n) is 18.8. The normalized spacial score (nSPS) is 14.6. The minimum absolute atomic E-state index is 0.0467. The van der Waals surface area contributed by atoms with Crippen LogP contribution in [0.1, 0.15) is 15.9 Å². The van der Waals surface area contributed by atoms with Gasteiger partial charge in [0.25, 0.3) is 5.91 Å². The topological polar surface area (TPSA) is 49.3 Å². The van der Waals surface area contributed by atoms with E-state index in [1.807, 2.05) is 47.4 Å². The van der Waals surface area contributed by atoms with Gasteiger partial charge in [-0.25, -0.2) is 9.97 Å². The summed E-state index contributed by atoms with van der Waals surface area (Å²) in [5, 5.41) is 0.677. The maximum Gasteiger partial charge on any atom is 0.254 e. The van der Waals surface area contributed by atoms with Crippen LogP contribution in [0.3, 0.4) is 0 Å². The van der Waals surface area contributed by atoms with Gasteiger partial charge in [0.2, 0.25) is 0 Å². The van der Waals surface area contributed by atoms with Crippen LogP contribution in [0.25, 0.3) is 33.5 Å². The number of piperazine rings is 1. The van der Waals surface area contributed by atoms with Gasteiger partial charge in [-0.05, 0) is 44.3 Å². The molecule has 0 spiro atoms. The maximum atomic E-state index is 13.1. The van der Waals surface area contributed by atoms with Gasteiger partial charge < -0.3 is 9.80 Å². The minimum atomic E-state index is 0.0467. The SMILES string of the molecule is Cc1ccc(-c2nc3cc(C(=O)N4CCN(C)CC4)ccc3nc2-c2ccc(Cl)cc2)cc1. The van der Waals surface area contributed by atoms with E-state index in [4.69, 9.17) is 21.6 Å². The van der Waals surface area contributed by atoms with Crippen molar-refractivity contribution in [2.24, 2.45) is 0 Å². The lowest BCUT2D eigenvalue weighted by atomic mass is 10.0. The van der Waals surface area contributed by atoms with Crippen molar-refractivity contribution in [3.05, 3.63) is 82.9 Å². The van der Waals surface area contributed by atoms with E-state index in [1.165, 1.54) is 5.56 Å². The summed E-state index contributed by atoms with van der Waals surface area (Å²) < 4.78 is 0. The second-order valence-corrected chi connectivity index (χ2v) is 9.03. The smallest absolute Gasteiger partial charge is 0.254 e. The average Bonchev–Trinajstić information content (AvgIpc) is 2.84. The van der Waals surface area contributed by atoms with Crippen LogP contribution in [0, 0.1) is 6.92 Å². The van der Waals surface area contributed by atoms with Crippen molar-refractivity contribution >= 4 is 28.5 Å². The van der Waals surface area contributed by atoms with E-state index >= 15 is 0 Å². The number of benzene rings is 3. The van der Waals surface area contributed by atoms with Crippen LogP contribution in [-0.4, -0.2) is 58.9 Å². The molecule has 1 saturated heterocycles. The molecule has 1 aliphatic heterocycles. The van der Waals surface area contributed by atoms with E-state index in [9.17, 15) is 4.79 Å².